The number of aliphatic hydroxyl groups is 1. The first-order chi connectivity index (χ1) is 9.73. The lowest BCUT2D eigenvalue weighted by Gasteiger charge is -2.10. The van der Waals surface area contributed by atoms with Crippen LogP contribution in [0.25, 0.3) is 11.3 Å². The second kappa shape index (κ2) is 6.38. The Morgan fingerprint density at radius 2 is 1.80 bits per heavy atom. The summed E-state index contributed by atoms with van der Waals surface area (Å²) >= 11 is 0. The van der Waals surface area contributed by atoms with Crippen molar-refractivity contribution >= 4 is 0 Å². The van der Waals surface area contributed by atoms with Gasteiger partial charge in [0.25, 0.3) is 0 Å². The van der Waals surface area contributed by atoms with Crippen molar-refractivity contribution < 1.29 is 14.6 Å². The minimum Gasteiger partial charge on any atom is -0.497 e. The minimum absolute atomic E-state index is 0.154. The number of nitrogens with zero attached hydrogens (tertiary/aromatic N) is 3. The van der Waals surface area contributed by atoms with Gasteiger partial charge in [-0.15, -0.1) is 5.10 Å². The van der Waals surface area contributed by atoms with Gasteiger partial charge in [0.2, 0.25) is 0 Å². The Labute approximate surface area is 117 Å². The van der Waals surface area contributed by atoms with Gasteiger partial charge < -0.3 is 14.6 Å². The van der Waals surface area contributed by atoms with Crippen LogP contribution in [0.5, 0.6) is 11.5 Å². The Morgan fingerprint density at radius 3 is 2.30 bits per heavy atom. The molecule has 0 saturated heterocycles. The average molecular weight is 277 g/mol. The van der Waals surface area contributed by atoms with Crippen LogP contribution in [0.1, 0.15) is 19.0 Å². The predicted octanol–water partition coefficient (Wildman–Crippen LogP) is 1.86. The summed E-state index contributed by atoms with van der Waals surface area (Å²) in [5, 5.41) is 17.5. The Morgan fingerprint density at radius 1 is 1.15 bits per heavy atom. The normalized spacial score (nSPS) is 10.6. The van der Waals surface area contributed by atoms with E-state index >= 15 is 0 Å². The first-order valence-corrected chi connectivity index (χ1v) is 6.50. The molecule has 1 N–H and O–H groups in total. The van der Waals surface area contributed by atoms with E-state index in [9.17, 15) is 5.11 Å². The van der Waals surface area contributed by atoms with Crippen LogP contribution in [0.2, 0.25) is 0 Å². The molecule has 0 spiro atoms. The lowest BCUT2D eigenvalue weighted by Crippen LogP contribution is -2.03. The zero-order valence-electron chi connectivity index (χ0n) is 12.0. The third-order valence-electron chi connectivity index (χ3n) is 3.01. The molecule has 20 heavy (non-hydrogen) atoms. The van der Waals surface area contributed by atoms with Gasteiger partial charge in [-0.1, -0.05) is 12.1 Å². The molecule has 2 aromatic rings. The van der Waals surface area contributed by atoms with Gasteiger partial charge in [-0.3, -0.25) is 0 Å². The summed E-state index contributed by atoms with van der Waals surface area (Å²) in [5.41, 5.74) is 2.21. The topological polar surface area (TPSA) is 69.4 Å². The lowest BCUT2D eigenvalue weighted by molar-refractivity contribution is 0.277. The molecule has 1 heterocycles. The molecule has 0 bridgehead atoms. The van der Waals surface area contributed by atoms with Crippen LogP contribution in [0.3, 0.4) is 0 Å². The number of benzene rings is 1. The van der Waals surface area contributed by atoms with Gasteiger partial charge in [-0.2, -0.15) is 0 Å². The maximum atomic E-state index is 9.44. The first-order valence-electron chi connectivity index (χ1n) is 6.50. The number of methoxy groups -OCH3 is 2. The molecule has 1 aromatic carbocycles. The minimum atomic E-state index is -0.154. The van der Waals surface area contributed by atoms with E-state index in [-0.39, 0.29) is 6.61 Å². The monoisotopic (exact) mass is 277 g/mol. The van der Waals surface area contributed by atoms with Crippen molar-refractivity contribution in [2.24, 2.45) is 0 Å². The van der Waals surface area contributed by atoms with E-state index in [4.69, 9.17) is 9.47 Å². The van der Waals surface area contributed by atoms with Crippen LogP contribution in [0.15, 0.2) is 18.2 Å². The summed E-state index contributed by atoms with van der Waals surface area (Å²) in [4.78, 5) is 0. The SMILES string of the molecule is CCCn1nnc(CO)c1-c1cc(OC)cc(OC)c1. The van der Waals surface area contributed by atoms with Crippen molar-refractivity contribution in [2.45, 2.75) is 26.5 Å². The van der Waals surface area contributed by atoms with Crippen LogP contribution < -0.4 is 9.47 Å². The summed E-state index contributed by atoms with van der Waals surface area (Å²) in [7, 11) is 3.21. The summed E-state index contributed by atoms with van der Waals surface area (Å²) in [6.07, 6.45) is 0.933. The van der Waals surface area contributed by atoms with Crippen molar-refractivity contribution in [1.29, 1.82) is 0 Å². The molecule has 0 aliphatic carbocycles. The van der Waals surface area contributed by atoms with E-state index in [2.05, 4.69) is 17.2 Å². The van der Waals surface area contributed by atoms with Gasteiger partial charge in [-0.05, 0) is 18.6 Å². The Kier molecular flexibility index (Phi) is 4.57. The van der Waals surface area contributed by atoms with Crippen LogP contribution in [-0.4, -0.2) is 34.3 Å². The highest BCUT2D eigenvalue weighted by molar-refractivity contribution is 5.66. The van der Waals surface area contributed by atoms with E-state index in [0.717, 1.165) is 24.2 Å². The van der Waals surface area contributed by atoms with Gasteiger partial charge in [0.05, 0.1) is 26.5 Å². The van der Waals surface area contributed by atoms with E-state index in [1.807, 2.05) is 12.1 Å². The van der Waals surface area contributed by atoms with Crippen LogP contribution >= 0.6 is 0 Å². The van der Waals surface area contributed by atoms with Crippen molar-refractivity contribution in [2.75, 3.05) is 14.2 Å². The molecule has 0 amide bonds. The molecular weight excluding hydrogens is 258 g/mol. The number of ether oxygens (including phenoxy) is 2. The number of aryl methyl sites for hydroxylation is 1. The molecule has 1 aromatic heterocycles. The predicted molar refractivity (Wildman–Crippen MR) is 74.8 cm³/mol. The largest absolute Gasteiger partial charge is 0.497 e. The second-order valence-corrected chi connectivity index (χ2v) is 4.37. The summed E-state index contributed by atoms with van der Waals surface area (Å²) in [6, 6.07) is 5.56. The molecule has 0 aliphatic rings. The summed E-state index contributed by atoms with van der Waals surface area (Å²) in [6.45, 7) is 2.65. The van der Waals surface area contributed by atoms with Crippen molar-refractivity contribution in [1.82, 2.24) is 15.0 Å². The molecule has 0 fully saturated rings. The summed E-state index contributed by atoms with van der Waals surface area (Å²) < 4.78 is 12.3. The van der Waals surface area contributed by atoms with E-state index in [1.165, 1.54) is 0 Å². The first kappa shape index (κ1) is 14.3. The number of rotatable bonds is 6. The highest BCUT2D eigenvalue weighted by Gasteiger charge is 2.15. The second-order valence-electron chi connectivity index (χ2n) is 4.37. The fourth-order valence-corrected chi connectivity index (χ4v) is 2.08. The molecule has 108 valence electrons. The smallest absolute Gasteiger partial charge is 0.123 e. The van der Waals surface area contributed by atoms with E-state index in [0.29, 0.717) is 17.2 Å². The zero-order valence-corrected chi connectivity index (χ0v) is 12.0. The van der Waals surface area contributed by atoms with Crippen molar-refractivity contribution in [3.8, 4) is 22.8 Å². The molecule has 0 atom stereocenters. The van der Waals surface area contributed by atoms with Gasteiger partial charge in [0, 0.05) is 18.2 Å². The van der Waals surface area contributed by atoms with Crippen LogP contribution in [-0.2, 0) is 13.2 Å². The number of hydrogen-bond acceptors (Lipinski definition) is 5. The van der Waals surface area contributed by atoms with Crippen molar-refractivity contribution in [3.63, 3.8) is 0 Å². The molecule has 0 radical (unpaired) electrons. The lowest BCUT2D eigenvalue weighted by atomic mass is 10.1. The molecular formula is C14H19N3O3. The quantitative estimate of drug-likeness (QED) is 0.872. The molecule has 6 heteroatoms. The maximum absolute atomic E-state index is 9.44. The molecule has 6 nitrogen and oxygen atoms in total. The Balaban J connectivity index is 2.56. The fraction of sp³-hybridized carbons (Fsp3) is 0.429. The number of hydrogen-bond donors (Lipinski definition) is 1. The fourth-order valence-electron chi connectivity index (χ4n) is 2.08. The van der Waals surface area contributed by atoms with Crippen LogP contribution in [0, 0.1) is 0 Å². The Bertz CT molecular complexity index is 559. The standard InChI is InChI=1S/C14H19N3O3/c1-4-5-17-14(13(9-18)15-16-17)10-6-11(19-2)8-12(7-10)20-3/h6-8,18H,4-5,9H2,1-3H3. The van der Waals surface area contributed by atoms with Gasteiger partial charge in [-0.25, -0.2) is 4.68 Å². The van der Waals surface area contributed by atoms with Gasteiger partial charge >= 0.3 is 0 Å². The highest BCUT2D eigenvalue weighted by Crippen LogP contribution is 2.31. The zero-order chi connectivity index (χ0) is 14.5. The number of aromatic nitrogens is 3. The molecule has 0 unspecified atom stereocenters. The summed E-state index contributed by atoms with van der Waals surface area (Å²) in [5.74, 6) is 1.37. The molecule has 0 saturated carbocycles. The van der Waals surface area contributed by atoms with Gasteiger partial charge in [0.1, 0.15) is 17.2 Å². The third kappa shape index (κ3) is 2.75. The van der Waals surface area contributed by atoms with Crippen LogP contribution in [0.4, 0.5) is 0 Å². The highest BCUT2D eigenvalue weighted by atomic mass is 16.5. The van der Waals surface area contributed by atoms with E-state index < -0.39 is 0 Å². The van der Waals surface area contributed by atoms with Gasteiger partial charge in [0.15, 0.2) is 0 Å². The maximum Gasteiger partial charge on any atom is 0.123 e. The average Bonchev–Trinajstić information content (AvgIpc) is 2.89. The van der Waals surface area contributed by atoms with E-state index in [1.54, 1.807) is 25.0 Å². The third-order valence-corrected chi connectivity index (χ3v) is 3.01. The van der Waals surface area contributed by atoms with Crippen molar-refractivity contribution in [3.05, 3.63) is 23.9 Å². The number of aliphatic hydroxyl groups excluding tert-OH is 1. The Hall–Kier alpha value is -2.08. The molecule has 2 rings (SSSR count). The molecule has 0 aliphatic heterocycles.